The molecule has 1 fully saturated rings. The van der Waals surface area contributed by atoms with Crippen molar-refractivity contribution in [2.45, 2.75) is 32.2 Å². The van der Waals surface area contributed by atoms with Crippen LogP contribution in [0.1, 0.15) is 35.7 Å². The third kappa shape index (κ3) is 3.08. The van der Waals surface area contributed by atoms with Gasteiger partial charge in [0.15, 0.2) is 17.2 Å². The van der Waals surface area contributed by atoms with Crippen molar-refractivity contribution < 1.29 is 18.4 Å². The van der Waals surface area contributed by atoms with E-state index in [9.17, 15) is 9.59 Å². The average Bonchev–Trinajstić information content (AvgIpc) is 3.29. The lowest BCUT2D eigenvalue weighted by molar-refractivity contribution is -0.121. The summed E-state index contributed by atoms with van der Waals surface area (Å²) in [6.45, 7) is 2.32. The molecule has 2 amide bonds. The van der Waals surface area contributed by atoms with Gasteiger partial charge in [0, 0.05) is 19.2 Å². The first-order chi connectivity index (χ1) is 12.6. The first kappa shape index (κ1) is 16.4. The van der Waals surface area contributed by atoms with Crippen molar-refractivity contribution in [2.75, 3.05) is 11.9 Å². The maximum absolute atomic E-state index is 12.8. The number of carbonyl (C=O) groups is 2. The highest BCUT2D eigenvalue weighted by molar-refractivity contribution is 6.00. The molecule has 0 bridgehead atoms. The summed E-state index contributed by atoms with van der Waals surface area (Å²) in [4.78, 5) is 31.3. The number of nitrogens with one attached hydrogen (secondary N) is 1. The second kappa shape index (κ2) is 6.67. The van der Waals surface area contributed by atoms with Crippen LogP contribution in [0.25, 0.3) is 11.1 Å². The molecule has 1 unspecified atom stereocenters. The lowest BCUT2D eigenvalue weighted by Gasteiger charge is -2.34. The Morgan fingerprint density at radius 1 is 1.27 bits per heavy atom. The zero-order valence-electron chi connectivity index (χ0n) is 14.4. The van der Waals surface area contributed by atoms with E-state index in [1.165, 1.54) is 6.26 Å². The Hall–Kier alpha value is -3.09. The van der Waals surface area contributed by atoms with Gasteiger partial charge in [-0.1, -0.05) is 0 Å². The van der Waals surface area contributed by atoms with Crippen molar-refractivity contribution >= 4 is 28.6 Å². The van der Waals surface area contributed by atoms with Crippen molar-refractivity contribution in [2.24, 2.45) is 0 Å². The number of anilines is 1. The molecule has 1 saturated heterocycles. The molecule has 2 aromatic heterocycles. The molecule has 0 saturated carbocycles. The van der Waals surface area contributed by atoms with Crippen molar-refractivity contribution in [3.05, 3.63) is 48.2 Å². The summed E-state index contributed by atoms with van der Waals surface area (Å²) in [5.74, 6) is 0.372. The molecule has 4 rings (SSSR count). The van der Waals surface area contributed by atoms with E-state index in [0.717, 1.165) is 12.8 Å². The molecule has 3 heterocycles. The maximum Gasteiger partial charge on any atom is 0.290 e. The number of amides is 2. The van der Waals surface area contributed by atoms with Gasteiger partial charge in [0.05, 0.1) is 6.26 Å². The second-order valence-electron chi connectivity index (χ2n) is 6.39. The molecule has 1 atom stereocenters. The Morgan fingerprint density at radius 2 is 2.15 bits per heavy atom. The summed E-state index contributed by atoms with van der Waals surface area (Å²) < 4.78 is 10.7. The third-order valence-electron chi connectivity index (χ3n) is 4.56. The van der Waals surface area contributed by atoms with Crippen LogP contribution in [-0.4, -0.2) is 34.3 Å². The zero-order chi connectivity index (χ0) is 18.1. The molecule has 1 aromatic carbocycles. The molecule has 1 aliphatic rings. The maximum atomic E-state index is 12.8. The van der Waals surface area contributed by atoms with E-state index in [1.807, 2.05) is 0 Å². The molecule has 1 aliphatic heterocycles. The predicted octanol–water partition coefficient (Wildman–Crippen LogP) is 3.36. The SMILES string of the molecule is Cc1nc2cc(NC(=O)C3CCCCN3C(=O)c3ccco3)ccc2o1. The quantitative estimate of drug-likeness (QED) is 0.780. The molecule has 1 N–H and O–H groups in total. The Kier molecular flexibility index (Phi) is 4.20. The Labute approximate surface area is 150 Å². The second-order valence-corrected chi connectivity index (χ2v) is 6.39. The fraction of sp³-hybridized carbons (Fsp3) is 0.316. The summed E-state index contributed by atoms with van der Waals surface area (Å²) in [6, 6.07) is 8.08. The highest BCUT2D eigenvalue weighted by atomic mass is 16.3. The van der Waals surface area contributed by atoms with Crippen LogP contribution in [0.4, 0.5) is 5.69 Å². The normalized spacial score (nSPS) is 17.4. The Morgan fingerprint density at radius 3 is 2.96 bits per heavy atom. The van der Waals surface area contributed by atoms with Gasteiger partial charge in [-0.25, -0.2) is 4.98 Å². The highest BCUT2D eigenvalue weighted by Crippen LogP contribution is 2.23. The summed E-state index contributed by atoms with van der Waals surface area (Å²) in [7, 11) is 0. The lowest BCUT2D eigenvalue weighted by Crippen LogP contribution is -2.49. The van der Waals surface area contributed by atoms with Crippen molar-refractivity contribution in [3.63, 3.8) is 0 Å². The van der Waals surface area contributed by atoms with Crippen LogP contribution in [0.2, 0.25) is 0 Å². The Bertz CT molecular complexity index is 945. The lowest BCUT2D eigenvalue weighted by atomic mass is 10.0. The van der Waals surface area contributed by atoms with Crippen LogP contribution in [0.3, 0.4) is 0 Å². The van der Waals surface area contributed by atoms with Crippen LogP contribution < -0.4 is 5.32 Å². The number of rotatable bonds is 3. The number of carbonyl (C=O) groups excluding carboxylic acids is 2. The summed E-state index contributed by atoms with van der Waals surface area (Å²) in [5.41, 5.74) is 1.99. The number of piperidine rings is 1. The number of furan rings is 1. The molecule has 134 valence electrons. The largest absolute Gasteiger partial charge is 0.459 e. The Balaban J connectivity index is 1.53. The van der Waals surface area contributed by atoms with E-state index in [2.05, 4.69) is 10.3 Å². The number of fused-ring (bicyclic) bond motifs is 1. The van der Waals surface area contributed by atoms with E-state index in [4.69, 9.17) is 8.83 Å². The van der Waals surface area contributed by atoms with Crippen molar-refractivity contribution in [1.29, 1.82) is 0 Å². The number of oxazole rings is 1. The summed E-state index contributed by atoms with van der Waals surface area (Å²) >= 11 is 0. The van der Waals surface area contributed by atoms with Crippen LogP contribution in [0.5, 0.6) is 0 Å². The van der Waals surface area contributed by atoms with Gasteiger partial charge in [-0.2, -0.15) is 0 Å². The van der Waals surface area contributed by atoms with E-state index in [0.29, 0.717) is 35.6 Å². The molecule has 0 aliphatic carbocycles. The average molecular weight is 353 g/mol. The number of aromatic nitrogens is 1. The van der Waals surface area contributed by atoms with E-state index in [1.54, 1.807) is 42.2 Å². The molecule has 3 aromatic rings. The minimum Gasteiger partial charge on any atom is -0.459 e. The van der Waals surface area contributed by atoms with Gasteiger partial charge in [0.2, 0.25) is 5.91 Å². The number of nitrogens with zero attached hydrogens (tertiary/aromatic N) is 2. The molecule has 26 heavy (non-hydrogen) atoms. The van der Waals surface area contributed by atoms with Gasteiger partial charge < -0.3 is 19.1 Å². The van der Waals surface area contributed by atoms with Crippen molar-refractivity contribution in [1.82, 2.24) is 9.88 Å². The standard InChI is InChI=1S/C19H19N3O4/c1-12-20-14-11-13(7-8-16(14)26-12)21-18(23)15-5-2-3-9-22(15)19(24)17-6-4-10-25-17/h4,6-8,10-11,15H,2-3,5,9H2,1H3,(H,21,23). The van der Waals surface area contributed by atoms with Crippen LogP contribution >= 0.6 is 0 Å². The van der Waals surface area contributed by atoms with E-state index in [-0.39, 0.29) is 17.6 Å². The first-order valence-electron chi connectivity index (χ1n) is 8.64. The number of likely N-dealkylation sites (tertiary alicyclic amines) is 1. The van der Waals surface area contributed by atoms with Gasteiger partial charge in [0.1, 0.15) is 11.6 Å². The van der Waals surface area contributed by atoms with Gasteiger partial charge >= 0.3 is 0 Å². The minimum absolute atomic E-state index is 0.204. The van der Waals surface area contributed by atoms with Crippen molar-refractivity contribution in [3.8, 4) is 0 Å². The topological polar surface area (TPSA) is 88.6 Å². The van der Waals surface area contributed by atoms with Gasteiger partial charge in [-0.05, 0) is 49.6 Å². The fourth-order valence-electron chi connectivity index (χ4n) is 3.33. The molecular weight excluding hydrogens is 334 g/mol. The molecule has 7 heteroatoms. The molecular formula is C19H19N3O4. The number of hydrogen-bond acceptors (Lipinski definition) is 5. The monoisotopic (exact) mass is 353 g/mol. The number of benzene rings is 1. The van der Waals surface area contributed by atoms with Gasteiger partial charge in [-0.15, -0.1) is 0 Å². The third-order valence-corrected chi connectivity index (χ3v) is 4.56. The predicted molar refractivity (Wildman–Crippen MR) is 94.8 cm³/mol. The number of hydrogen-bond donors (Lipinski definition) is 1. The first-order valence-corrected chi connectivity index (χ1v) is 8.64. The van der Waals surface area contributed by atoms with E-state index < -0.39 is 6.04 Å². The molecule has 7 nitrogen and oxygen atoms in total. The zero-order valence-corrected chi connectivity index (χ0v) is 14.4. The van der Waals surface area contributed by atoms with Gasteiger partial charge in [-0.3, -0.25) is 9.59 Å². The van der Waals surface area contributed by atoms with E-state index >= 15 is 0 Å². The van der Waals surface area contributed by atoms with Crippen LogP contribution in [-0.2, 0) is 4.79 Å². The number of aryl methyl sites for hydroxylation is 1. The van der Waals surface area contributed by atoms with Gasteiger partial charge in [0.25, 0.3) is 5.91 Å². The summed E-state index contributed by atoms with van der Waals surface area (Å²) in [6.07, 6.45) is 3.87. The van der Waals surface area contributed by atoms with Crippen LogP contribution in [0, 0.1) is 6.92 Å². The summed E-state index contributed by atoms with van der Waals surface area (Å²) in [5, 5.41) is 2.90. The minimum atomic E-state index is -0.518. The fourth-order valence-corrected chi connectivity index (χ4v) is 3.33. The molecule has 0 spiro atoms. The highest BCUT2D eigenvalue weighted by Gasteiger charge is 2.33. The van der Waals surface area contributed by atoms with Crippen LogP contribution in [0.15, 0.2) is 45.4 Å². The molecule has 0 radical (unpaired) electrons. The smallest absolute Gasteiger partial charge is 0.290 e.